The van der Waals surface area contributed by atoms with Crippen LogP contribution in [0, 0.1) is 0 Å². The minimum absolute atomic E-state index is 0.247. The molecule has 1 amide bonds. The molecule has 5 nitrogen and oxygen atoms in total. The minimum atomic E-state index is 0.247. The zero-order chi connectivity index (χ0) is 18.9. The van der Waals surface area contributed by atoms with Crippen LogP contribution in [-0.4, -0.2) is 55.5 Å². The number of methoxy groups -OCH3 is 1. The summed E-state index contributed by atoms with van der Waals surface area (Å²) in [5, 5.41) is 3.35. The topological polar surface area (TPSA) is 44.8 Å². The Labute approximate surface area is 161 Å². The standard InChI is InChI=1S/C22H29N3O2/c1-27-21-9-7-19(8-10-21)17-23-12-11-22(26)25-15-13-24(14-16-25)18-20-5-3-2-4-6-20/h2-10,23H,11-18H2,1H3. The van der Waals surface area contributed by atoms with Crippen molar-refractivity contribution in [2.75, 3.05) is 39.8 Å². The largest absolute Gasteiger partial charge is 0.497 e. The second kappa shape index (κ2) is 10.1. The van der Waals surface area contributed by atoms with Crippen molar-refractivity contribution < 1.29 is 9.53 Å². The maximum Gasteiger partial charge on any atom is 0.223 e. The molecular weight excluding hydrogens is 338 g/mol. The van der Waals surface area contributed by atoms with Gasteiger partial charge in [0.1, 0.15) is 5.75 Å². The van der Waals surface area contributed by atoms with Crippen molar-refractivity contribution in [3.63, 3.8) is 0 Å². The molecule has 0 saturated carbocycles. The highest BCUT2D eigenvalue weighted by atomic mass is 16.5. The molecule has 1 aliphatic heterocycles. The molecule has 2 aromatic carbocycles. The first-order valence-corrected chi connectivity index (χ1v) is 9.62. The van der Waals surface area contributed by atoms with Crippen molar-refractivity contribution in [3.05, 3.63) is 65.7 Å². The number of hydrogen-bond donors (Lipinski definition) is 1. The van der Waals surface area contributed by atoms with E-state index in [-0.39, 0.29) is 5.91 Å². The van der Waals surface area contributed by atoms with Gasteiger partial charge in [-0.2, -0.15) is 0 Å². The predicted octanol–water partition coefficient (Wildman–Crippen LogP) is 2.52. The smallest absolute Gasteiger partial charge is 0.223 e. The molecule has 0 spiro atoms. The van der Waals surface area contributed by atoms with Crippen molar-refractivity contribution in [2.45, 2.75) is 19.5 Å². The summed E-state index contributed by atoms with van der Waals surface area (Å²) in [6.07, 6.45) is 0.550. The fourth-order valence-corrected chi connectivity index (χ4v) is 3.33. The molecule has 3 rings (SSSR count). The molecule has 2 aromatic rings. The van der Waals surface area contributed by atoms with Crippen molar-refractivity contribution in [3.8, 4) is 5.75 Å². The van der Waals surface area contributed by atoms with Crippen LogP contribution in [0.4, 0.5) is 0 Å². The lowest BCUT2D eigenvalue weighted by atomic mass is 10.2. The van der Waals surface area contributed by atoms with Gasteiger partial charge in [-0.15, -0.1) is 0 Å². The zero-order valence-electron chi connectivity index (χ0n) is 16.1. The molecule has 0 unspecified atom stereocenters. The molecule has 1 N–H and O–H groups in total. The molecule has 1 heterocycles. The summed E-state index contributed by atoms with van der Waals surface area (Å²) < 4.78 is 5.16. The Morgan fingerprint density at radius 1 is 0.963 bits per heavy atom. The number of piperazine rings is 1. The average molecular weight is 367 g/mol. The maximum absolute atomic E-state index is 12.4. The highest BCUT2D eigenvalue weighted by molar-refractivity contribution is 5.76. The van der Waals surface area contributed by atoms with E-state index in [0.29, 0.717) is 13.0 Å². The van der Waals surface area contributed by atoms with Gasteiger partial charge in [-0.05, 0) is 23.3 Å². The predicted molar refractivity (Wildman–Crippen MR) is 108 cm³/mol. The highest BCUT2D eigenvalue weighted by Crippen LogP contribution is 2.11. The Morgan fingerprint density at radius 2 is 1.67 bits per heavy atom. The second-order valence-corrected chi connectivity index (χ2v) is 6.92. The van der Waals surface area contributed by atoms with Gasteiger partial charge in [0.15, 0.2) is 0 Å². The number of carbonyl (C=O) groups excluding carboxylic acids is 1. The first-order chi connectivity index (χ1) is 13.2. The fourth-order valence-electron chi connectivity index (χ4n) is 3.33. The number of nitrogens with zero attached hydrogens (tertiary/aromatic N) is 2. The SMILES string of the molecule is COc1ccc(CNCCC(=O)N2CCN(Cc3ccccc3)CC2)cc1. The third-order valence-corrected chi connectivity index (χ3v) is 4.98. The first-order valence-electron chi connectivity index (χ1n) is 9.62. The van der Waals surface area contributed by atoms with E-state index in [1.165, 1.54) is 11.1 Å². The number of amides is 1. The van der Waals surface area contributed by atoms with Crippen LogP contribution >= 0.6 is 0 Å². The van der Waals surface area contributed by atoms with Gasteiger partial charge in [-0.25, -0.2) is 0 Å². The fraction of sp³-hybridized carbons (Fsp3) is 0.409. The van der Waals surface area contributed by atoms with Crippen LogP contribution in [0.1, 0.15) is 17.5 Å². The summed E-state index contributed by atoms with van der Waals surface area (Å²) >= 11 is 0. The number of carbonyl (C=O) groups is 1. The van der Waals surface area contributed by atoms with Crippen LogP contribution in [-0.2, 0) is 17.9 Å². The van der Waals surface area contributed by atoms with Gasteiger partial charge in [-0.3, -0.25) is 9.69 Å². The van der Waals surface area contributed by atoms with Crippen molar-refractivity contribution in [1.82, 2.24) is 15.1 Å². The van der Waals surface area contributed by atoms with Crippen molar-refractivity contribution >= 4 is 5.91 Å². The molecule has 1 saturated heterocycles. The van der Waals surface area contributed by atoms with Crippen LogP contribution < -0.4 is 10.1 Å². The summed E-state index contributed by atoms with van der Waals surface area (Å²) in [4.78, 5) is 16.8. The van der Waals surface area contributed by atoms with Crippen molar-refractivity contribution in [1.29, 1.82) is 0 Å². The molecule has 0 bridgehead atoms. The van der Waals surface area contributed by atoms with Crippen LogP contribution in [0.3, 0.4) is 0 Å². The molecule has 0 radical (unpaired) electrons. The summed E-state index contributed by atoms with van der Waals surface area (Å²) in [5.74, 6) is 1.11. The molecule has 1 fully saturated rings. The van der Waals surface area contributed by atoms with Crippen LogP contribution in [0.15, 0.2) is 54.6 Å². The monoisotopic (exact) mass is 367 g/mol. The second-order valence-electron chi connectivity index (χ2n) is 6.92. The third-order valence-electron chi connectivity index (χ3n) is 4.98. The van der Waals surface area contributed by atoms with Gasteiger partial charge in [0.25, 0.3) is 0 Å². The van der Waals surface area contributed by atoms with E-state index in [1.54, 1.807) is 7.11 Å². The van der Waals surface area contributed by atoms with Gasteiger partial charge < -0.3 is 15.0 Å². The lowest BCUT2D eigenvalue weighted by Crippen LogP contribution is -2.48. The number of nitrogens with one attached hydrogen (secondary N) is 1. The summed E-state index contributed by atoms with van der Waals surface area (Å²) in [6, 6.07) is 18.5. The van der Waals surface area contributed by atoms with Gasteiger partial charge in [0, 0.05) is 52.2 Å². The van der Waals surface area contributed by atoms with Crippen LogP contribution in [0.25, 0.3) is 0 Å². The maximum atomic E-state index is 12.4. The van der Waals surface area contributed by atoms with Crippen LogP contribution in [0.5, 0.6) is 5.75 Å². The minimum Gasteiger partial charge on any atom is -0.497 e. The van der Waals surface area contributed by atoms with Crippen molar-refractivity contribution in [2.24, 2.45) is 0 Å². The summed E-state index contributed by atoms with van der Waals surface area (Å²) in [5.41, 5.74) is 2.53. The van der Waals surface area contributed by atoms with Gasteiger partial charge in [0.2, 0.25) is 5.91 Å². The van der Waals surface area contributed by atoms with E-state index in [2.05, 4.69) is 34.5 Å². The van der Waals surface area contributed by atoms with Gasteiger partial charge >= 0.3 is 0 Å². The van der Waals surface area contributed by atoms with Gasteiger partial charge in [0.05, 0.1) is 7.11 Å². The Hall–Kier alpha value is -2.37. The number of benzene rings is 2. The van der Waals surface area contributed by atoms with Gasteiger partial charge in [-0.1, -0.05) is 42.5 Å². The normalized spacial score (nSPS) is 14.9. The molecular formula is C22H29N3O2. The lowest BCUT2D eigenvalue weighted by Gasteiger charge is -2.34. The van der Waals surface area contributed by atoms with E-state index in [1.807, 2.05) is 35.2 Å². The Balaban J connectivity index is 1.32. The number of hydrogen-bond acceptors (Lipinski definition) is 4. The molecule has 0 aliphatic carbocycles. The molecule has 1 aliphatic rings. The Bertz CT molecular complexity index is 695. The average Bonchev–Trinajstić information content (AvgIpc) is 2.73. The molecule has 144 valence electrons. The van der Waals surface area contributed by atoms with E-state index in [0.717, 1.165) is 45.0 Å². The van der Waals surface area contributed by atoms with E-state index in [4.69, 9.17) is 4.74 Å². The zero-order valence-corrected chi connectivity index (χ0v) is 16.1. The molecule has 5 heteroatoms. The van der Waals surface area contributed by atoms with E-state index < -0.39 is 0 Å². The highest BCUT2D eigenvalue weighted by Gasteiger charge is 2.20. The summed E-state index contributed by atoms with van der Waals surface area (Å²) in [6.45, 7) is 5.97. The van der Waals surface area contributed by atoms with E-state index >= 15 is 0 Å². The number of ether oxygens (including phenoxy) is 1. The Kier molecular flexibility index (Phi) is 7.25. The quantitative estimate of drug-likeness (QED) is 0.728. The molecule has 0 atom stereocenters. The molecule has 27 heavy (non-hydrogen) atoms. The first kappa shape index (κ1) is 19.4. The van der Waals surface area contributed by atoms with Crippen LogP contribution in [0.2, 0.25) is 0 Å². The van der Waals surface area contributed by atoms with E-state index in [9.17, 15) is 4.79 Å². The number of rotatable bonds is 8. The molecule has 0 aromatic heterocycles. The third kappa shape index (κ3) is 6.08. The lowest BCUT2D eigenvalue weighted by molar-refractivity contribution is -0.132. The summed E-state index contributed by atoms with van der Waals surface area (Å²) in [7, 11) is 1.67. The Morgan fingerprint density at radius 3 is 2.33 bits per heavy atom.